The molecule has 24 heavy (non-hydrogen) atoms. The Bertz CT molecular complexity index is 827. The van der Waals surface area contributed by atoms with E-state index >= 15 is 0 Å². The van der Waals surface area contributed by atoms with E-state index in [2.05, 4.69) is 34.2 Å². The van der Waals surface area contributed by atoms with Crippen molar-refractivity contribution in [2.75, 3.05) is 0 Å². The Morgan fingerprint density at radius 1 is 1.12 bits per heavy atom. The zero-order chi connectivity index (χ0) is 18.9. The van der Waals surface area contributed by atoms with Crippen LogP contribution in [0, 0.1) is 20.2 Å². The number of thiocarbonyl (C=S) groups is 2. The lowest BCUT2D eigenvalue weighted by atomic mass is 9.89. The zero-order valence-electron chi connectivity index (χ0n) is 12.8. The van der Waals surface area contributed by atoms with Crippen molar-refractivity contribution >= 4 is 44.5 Å². The summed E-state index contributed by atoms with van der Waals surface area (Å²) in [6.45, 7) is 4.63. The third-order valence-corrected chi connectivity index (χ3v) is 5.17. The number of sulfonamides is 1. The molecule has 0 aromatic carbocycles. The van der Waals surface area contributed by atoms with Gasteiger partial charge in [-0.05, 0) is 61.3 Å². The number of hydrogen-bond donors (Lipinski definition) is 1. The molecule has 2 atom stereocenters. The van der Waals surface area contributed by atoms with Crippen molar-refractivity contribution in [3.05, 3.63) is 42.4 Å². The van der Waals surface area contributed by atoms with Crippen molar-refractivity contribution in [1.29, 1.82) is 0 Å². The number of hydrogen-bond acceptors (Lipinski definition) is 8. The average Bonchev–Trinajstić information content (AvgIpc) is 2.41. The summed E-state index contributed by atoms with van der Waals surface area (Å²) in [7, 11) is -4.34. The summed E-state index contributed by atoms with van der Waals surface area (Å²) in [5.74, 6) is 0. The first-order valence-corrected chi connectivity index (χ1v) is 8.68. The van der Waals surface area contributed by atoms with Gasteiger partial charge in [-0.15, -0.1) is 0 Å². The average molecular weight is 391 g/mol. The third-order valence-electron chi connectivity index (χ3n) is 2.86. The number of rotatable bonds is 4. The van der Waals surface area contributed by atoms with E-state index in [4.69, 9.17) is 0 Å². The summed E-state index contributed by atoms with van der Waals surface area (Å²) in [5.41, 5.74) is -1.82. The van der Waals surface area contributed by atoms with Crippen molar-refractivity contribution in [3.63, 3.8) is 0 Å². The molecule has 12 heteroatoms. The molecule has 130 valence electrons. The van der Waals surface area contributed by atoms with Gasteiger partial charge in [0.1, 0.15) is 10.5 Å². The van der Waals surface area contributed by atoms with Gasteiger partial charge in [-0.3, -0.25) is 20.2 Å². The van der Waals surface area contributed by atoms with Crippen LogP contribution in [0.1, 0.15) is 20.8 Å². The van der Waals surface area contributed by atoms with Gasteiger partial charge in [0.25, 0.3) is 12.1 Å². The predicted molar refractivity (Wildman–Crippen MR) is 93.7 cm³/mol. The van der Waals surface area contributed by atoms with Gasteiger partial charge in [-0.25, -0.2) is 13.1 Å². The number of nitrogens with zero attached hydrogens (tertiary/aromatic N) is 2. The fraction of sp³-hybridized carbons (Fsp3) is 0.500. The van der Waals surface area contributed by atoms with E-state index in [1.54, 1.807) is 20.8 Å². The van der Waals surface area contributed by atoms with Gasteiger partial charge >= 0.3 is 0 Å². The summed E-state index contributed by atoms with van der Waals surface area (Å²) in [6.07, 6.45) is 0.804. The second kappa shape index (κ2) is 6.98. The highest BCUT2D eigenvalue weighted by Crippen LogP contribution is 2.32. The molecular weight excluding hydrogens is 378 g/mol. The predicted octanol–water partition coefficient (Wildman–Crippen LogP) is 0.942. The summed E-state index contributed by atoms with van der Waals surface area (Å²) in [4.78, 5) is 20.1. The standard InChI is InChI=1S/C12H13N3O6S3/c1-12(2,3)13-24(20,21)9-4-7(5-22)10(14(16)17)8(6-23)11(9)15(18)19/h4,10-11,13H,1-3H3. The van der Waals surface area contributed by atoms with Crippen LogP contribution >= 0.6 is 24.4 Å². The summed E-state index contributed by atoms with van der Waals surface area (Å²) in [6, 6.07) is -3.78. The first-order chi connectivity index (χ1) is 10.9. The molecule has 0 saturated heterocycles. The van der Waals surface area contributed by atoms with Gasteiger partial charge in [-0.2, -0.15) is 0 Å². The molecule has 0 bridgehead atoms. The number of nitro groups is 2. The SMILES string of the molecule is CC(C)(C)NS(=O)(=O)C1=CC(=C=S)C([N+](=O)[O-])C(=C=S)C1[N+](=O)[O-]. The molecule has 0 heterocycles. The molecule has 0 radical (unpaired) electrons. The second-order valence-corrected chi connectivity index (χ2v) is 7.98. The van der Waals surface area contributed by atoms with Crippen molar-refractivity contribution in [2.24, 2.45) is 0 Å². The van der Waals surface area contributed by atoms with Gasteiger partial charge in [0.2, 0.25) is 10.0 Å². The summed E-state index contributed by atoms with van der Waals surface area (Å²) < 4.78 is 27.3. The smallest absolute Gasteiger partial charge is 0.263 e. The lowest BCUT2D eigenvalue weighted by Crippen LogP contribution is -2.47. The van der Waals surface area contributed by atoms with E-state index in [0.717, 1.165) is 6.08 Å². The minimum atomic E-state index is -4.34. The fourth-order valence-electron chi connectivity index (χ4n) is 2.11. The van der Waals surface area contributed by atoms with Gasteiger partial charge in [0.05, 0.1) is 5.57 Å². The highest BCUT2D eigenvalue weighted by atomic mass is 32.2. The van der Waals surface area contributed by atoms with Gasteiger partial charge in [0.15, 0.2) is 0 Å². The first kappa shape index (κ1) is 20.2. The molecule has 0 aromatic heterocycles. The molecule has 0 saturated carbocycles. The third kappa shape index (κ3) is 4.18. The molecule has 1 rings (SSSR count). The largest absolute Gasteiger partial charge is 0.286 e. The van der Waals surface area contributed by atoms with Crippen LogP contribution in [0.15, 0.2) is 22.1 Å². The quantitative estimate of drug-likeness (QED) is 0.425. The highest BCUT2D eigenvalue weighted by Gasteiger charge is 2.51. The molecule has 1 N–H and O–H groups in total. The van der Waals surface area contributed by atoms with Crippen LogP contribution in [-0.4, -0.2) is 45.9 Å². The lowest BCUT2D eigenvalue weighted by molar-refractivity contribution is -0.528. The molecule has 1 aliphatic rings. The van der Waals surface area contributed by atoms with Crippen LogP contribution in [0.5, 0.6) is 0 Å². The van der Waals surface area contributed by atoms with Crippen LogP contribution in [0.4, 0.5) is 0 Å². The highest BCUT2D eigenvalue weighted by molar-refractivity contribution is 7.93. The van der Waals surface area contributed by atoms with E-state index in [9.17, 15) is 28.6 Å². The van der Waals surface area contributed by atoms with Crippen molar-refractivity contribution in [2.45, 2.75) is 38.4 Å². The minimum absolute atomic E-state index is 0.310. The van der Waals surface area contributed by atoms with Gasteiger partial charge in [0, 0.05) is 15.4 Å². The maximum absolute atomic E-state index is 12.5. The van der Waals surface area contributed by atoms with E-state index < -0.39 is 48.0 Å². The first-order valence-electron chi connectivity index (χ1n) is 6.38. The van der Waals surface area contributed by atoms with Crippen molar-refractivity contribution in [1.82, 2.24) is 4.72 Å². The molecule has 0 aliphatic heterocycles. The van der Waals surface area contributed by atoms with Crippen LogP contribution in [0.25, 0.3) is 0 Å². The van der Waals surface area contributed by atoms with Crippen LogP contribution < -0.4 is 4.72 Å². The molecule has 0 spiro atoms. The Hall–Kier alpha value is -1.81. The molecule has 0 amide bonds. The van der Waals surface area contributed by atoms with Gasteiger partial charge < -0.3 is 0 Å². The minimum Gasteiger partial charge on any atom is -0.263 e. The zero-order valence-corrected chi connectivity index (χ0v) is 15.3. The van der Waals surface area contributed by atoms with Crippen molar-refractivity contribution in [3.8, 4) is 0 Å². The maximum atomic E-state index is 12.5. The molecule has 2 unspecified atom stereocenters. The molecule has 1 aliphatic carbocycles. The molecule has 9 nitrogen and oxygen atoms in total. The van der Waals surface area contributed by atoms with Crippen LogP contribution in [-0.2, 0) is 10.0 Å². The Kier molecular flexibility index (Phi) is 5.88. The van der Waals surface area contributed by atoms with E-state index in [1.165, 1.54) is 0 Å². The molecular formula is C12H13N3O6S3. The maximum Gasteiger partial charge on any atom is 0.286 e. The van der Waals surface area contributed by atoms with Crippen molar-refractivity contribution < 1.29 is 18.3 Å². The summed E-state index contributed by atoms with van der Waals surface area (Å²) in [5, 5.41) is 26.7. The normalized spacial score (nSPS) is 21.5. The fourth-order valence-corrected chi connectivity index (χ4v) is 4.22. The van der Waals surface area contributed by atoms with E-state index in [0.29, 0.717) is 0 Å². The number of nitrogens with one attached hydrogen (secondary N) is 1. The Labute approximate surface area is 148 Å². The second-order valence-electron chi connectivity index (χ2n) is 5.89. The monoisotopic (exact) mass is 391 g/mol. The Morgan fingerprint density at radius 3 is 1.96 bits per heavy atom. The summed E-state index contributed by atoms with van der Waals surface area (Å²) >= 11 is 9.10. The Morgan fingerprint density at radius 2 is 1.62 bits per heavy atom. The molecule has 0 aromatic rings. The Balaban J connectivity index is 3.75. The van der Waals surface area contributed by atoms with Crippen LogP contribution in [0.2, 0.25) is 0 Å². The lowest BCUT2D eigenvalue weighted by Gasteiger charge is -2.26. The van der Waals surface area contributed by atoms with Gasteiger partial charge in [-0.1, -0.05) is 0 Å². The van der Waals surface area contributed by atoms with E-state index in [1.807, 2.05) is 5.02 Å². The topological polar surface area (TPSA) is 132 Å². The molecule has 0 fully saturated rings. The van der Waals surface area contributed by atoms with Crippen LogP contribution in [0.3, 0.4) is 0 Å². The van der Waals surface area contributed by atoms with E-state index in [-0.39, 0.29) is 5.57 Å².